The second-order valence-electron chi connectivity index (χ2n) is 7.43. The van der Waals surface area contributed by atoms with Crippen LogP contribution in [0.1, 0.15) is 33.3 Å². The Kier molecular flexibility index (Phi) is 5.75. The van der Waals surface area contributed by atoms with E-state index in [1.54, 1.807) is 36.5 Å². The number of nitrogens with two attached hydrogens (primary N) is 1. The van der Waals surface area contributed by atoms with Crippen LogP contribution >= 0.6 is 0 Å². The SMILES string of the molecule is NCC[C@H]1CNC(=O)c2c(-c3ccc(C=O)cc3)c(-c3cccc(OC(F)(F)F)c3)cn21. The van der Waals surface area contributed by atoms with Crippen molar-refractivity contribution in [1.29, 1.82) is 0 Å². The Morgan fingerprint density at radius 3 is 2.56 bits per heavy atom. The lowest BCUT2D eigenvalue weighted by atomic mass is 9.95. The van der Waals surface area contributed by atoms with E-state index >= 15 is 0 Å². The summed E-state index contributed by atoms with van der Waals surface area (Å²) in [6, 6.07) is 12.2. The Hall–Kier alpha value is -3.59. The molecule has 0 spiro atoms. The zero-order valence-electron chi connectivity index (χ0n) is 16.9. The van der Waals surface area contributed by atoms with Gasteiger partial charge in [0.1, 0.15) is 17.7 Å². The molecule has 0 radical (unpaired) electrons. The van der Waals surface area contributed by atoms with Gasteiger partial charge in [0.05, 0.1) is 6.04 Å². The number of carbonyl (C=O) groups excluding carboxylic acids is 2. The fourth-order valence-corrected chi connectivity index (χ4v) is 3.97. The van der Waals surface area contributed by atoms with Crippen molar-refractivity contribution in [2.24, 2.45) is 5.73 Å². The fourth-order valence-electron chi connectivity index (χ4n) is 3.97. The minimum atomic E-state index is -4.82. The largest absolute Gasteiger partial charge is 0.573 e. The number of carbonyl (C=O) groups is 2. The van der Waals surface area contributed by atoms with E-state index in [1.807, 2.05) is 4.57 Å². The van der Waals surface area contributed by atoms with E-state index in [0.717, 1.165) is 0 Å². The van der Waals surface area contributed by atoms with Gasteiger partial charge < -0.3 is 20.4 Å². The predicted octanol–water partition coefficient (Wildman–Crippen LogP) is 4.17. The maximum Gasteiger partial charge on any atom is 0.573 e. The summed E-state index contributed by atoms with van der Waals surface area (Å²) in [7, 11) is 0. The molecule has 3 N–H and O–H groups in total. The molecule has 32 heavy (non-hydrogen) atoms. The van der Waals surface area contributed by atoms with Gasteiger partial charge in [-0.15, -0.1) is 13.2 Å². The molecular formula is C23H20F3N3O3. The quantitative estimate of drug-likeness (QED) is 0.560. The molecule has 1 aromatic heterocycles. The average Bonchev–Trinajstić information content (AvgIpc) is 3.17. The van der Waals surface area contributed by atoms with Gasteiger partial charge >= 0.3 is 6.36 Å². The Balaban J connectivity index is 1.92. The zero-order valence-corrected chi connectivity index (χ0v) is 16.9. The van der Waals surface area contributed by atoms with Crippen LogP contribution in [0.3, 0.4) is 0 Å². The monoisotopic (exact) mass is 443 g/mol. The summed E-state index contributed by atoms with van der Waals surface area (Å²) in [6.07, 6.45) is -1.73. The van der Waals surface area contributed by atoms with Gasteiger partial charge in [-0.3, -0.25) is 9.59 Å². The normalized spacial score (nSPS) is 15.8. The van der Waals surface area contributed by atoms with Crippen molar-refractivity contribution < 1.29 is 27.5 Å². The van der Waals surface area contributed by atoms with Gasteiger partial charge in [-0.25, -0.2) is 0 Å². The van der Waals surface area contributed by atoms with Crippen LogP contribution in [0.5, 0.6) is 5.75 Å². The molecule has 4 rings (SSSR count). The van der Waals surface area contributed by atoms with Gasteiger partial charge in [0.2, 0.25) is 0 Å². The molecule has 2 aromatic carbocycles. The molecule has 6 nitrogen and oxygen atoms in total. The van der Waals surface area contributed by atoms with Gasteiger partial charge in [-0.05, 0) is 36.2 Å². The summed E-state index contributed by atoms with van der Waals surface area (Å²) >= 11 is 0. The molecule has 0 fully saturated rings. The predicted molar refractivity (Wildman–Crippen MR) is 112 cm³/mol. The molecular weight excluding hydrogens is 423 g/mol. The highest BCUT2D eigenvalue weighted by Gasteiger charge is 2.33. The van der Waals surface area contributed by atoms with Crippen LogP contribution in [0, 0.1) is 0 Å². The number of fused-ring (bicyclic) bond motifs is 1. The third-order valence-electron chi connectivity index (χ3n) is 5.35. The van der Waals surface area contributed by atoms with E-state index in [-0.39, 0.29) is 17.7 Å². The van der Waals surface area contributed by atoms with E-state index in [2.05, 4.69) is 10.1 Å². The van der Waals surface area contributed by atoms with E-state index in [4.69, 9.17) is 5.73 Å². The molecule has 9 heteroatoms. The maximum atomic E-state index is 12.9. The topological polar surface area (TPSA) is 86.3 Å². The first-order chi connectivity index (χ1) is 15.3. The van der Waals surface area contributed by atoms with Gasteiger partial charge in [0.25, 0.3) is 5.91 Å². The fraction of sp³-hybridized carbons (Fsp3) is 0.217. The van der Waals surface area contributed by atoms with Crippen molar-refractivity contribution in [3.05, 3.63) is 66.0 Å². The lowest BCUT2D eigenvalue weighted by Gasteiger charge is -2.26. The molecule has 3 aromatic rings. The second-order valence-corrected chi connectivity index (χ2v) is 7.43. The lowest BCUT2D eigenvalue weighted by Crippen LogP contribution is -2.39. The molecule has 1 aliphatic heterocycles. The van der Waals surface area contributed by atoms with Crippen LogP contribution in [0.15, 0.2) is 54.7 Å². The van der Waals surface area contributed by atoms with Gasteiger partial charge in [-0.2, -0.15) is 0 Å². The number of hydrogen-bond donors (Lipinski definition) is 2. The van der Waals surface area contributed by atoms with Crippen molar-refractivity contribution in [3.8, 4) is 28.0 Å². The Morgan fingerprint density at radius 1 is 1.16 bits per heavy atom. The number of ether oxygens (including phenoxy) is 1. The van der Waals surface area contributed by atoms with Crippen molar-refractivity contribution >= 4 is 12.2 Å². The number of rotatable bonds is 6. The second kappa shape index (κ2) is 8.51. The summed E-state index contributed by atoms with van der Waals surface area (Å²) in [5.41, 5.74) is 8.86. The highest BCUT2D eigenvalue weighted by molar-refractivity contribution is 6.05. The number of hydrogen-bond acceptors (Lipinski definition) is 4. The van der Waals surface area contributed by atoms with Crippen molar-refractivity contribution in [2.45, 2.75) is 18.8 Å². The van der Waals surface area contributed by atoms with E-state index in [0.29, 0.717) is 59.3 Å². The molecule has 1 amide bonds. The maximum absolute atomic E-state index is 12.9. The molecule has 0 saturated heterocycles. The van der Waals surface area contributed by atoms with E-state index < -0.39 is 6.36 Å². The standard InChI is InChI=1S/C23H20F3N3O3/c24-23(25,26)32-18-3-1-2-16(10-18)19-12-29-17(8-9-27)11-28-22(31)21(29)20(19)15-6-4-14(13-30)5-7-15/h1-7,10,12-13,17H,8-9,11,27H2,(H,28,31)/t17-/m0/s1. The van der Waals surface area contributed by atoms with Crippen LogP contribution < -0.4 is 15.8 Å². The number of nitrogens with one attached hydrogen (secondary N) is 1. The molecule has 166 valence electrons. The number of benzene rings is 2. The molecule has 2 heterocycles. The summed E-state index contributed by atoms with van der Waals surface area (Å²) in [6.45, 7) is 0.809. The third kappa shape index (κ3) is 4.24. The highest BCUT2D eigenvalue weighted by atomic mass is 19.4. The summed E-state index contributed by atoms with van der Waals surface area (Å²) in [5.74, 6) is -0.647. The minimum Gasteiger partial charge on any atom is -0.406 e. The lowest BCUT2D eigenvalue weighted by molar-refractivity contribution is -0.274. The first-order valence-corrected chi connectivity index (χ1v) is 9.95. The number of aldehydes is 1. The van der Waals surface area contributed by atoms with Crippen LogP contribution in [0.2, 0.25) is 0 Å². The van der Waals surface area contributed by atoms with Gasteiger partial charge in [0.15, 0.2) is 0 Å². The molecule has 0 saturated carbocycles. The number of halogens is 3. The summed E-state index contributed by atoms with van der Waals surface area (Å²) < 4.78 is 44.1. The molecule has 0 bridgehead atoms. The van der Waals surface area contributed by atoms with Crippen LogP contribution in [0.4, 0.5) is 13.2 Å². The van der Waals surface area contributed by atoms with Crippen molar-refractivity contribution in [2.75, 3.05) is 13.1 Å². The van der Waals surface area contributed by atoms with E-state index in [9.17, 15) is 22.8 Å². The molecule has 0 unspecified atom stereocenters. The van der Waals surface area contributed by atoms with Crippen molar-refractivity contribution in [3.63, 3.8) is 0 Å². The van der Waals surface area contributed by atoms with Gasteiger partial charge in [-0.1, -0.05) is 36.4 Å². The summed E-state index contributed by atoms with van der Waals surface area (Å²) in [5, 5.41) is 2.87. The first-order valence-electron chi connectivity index (χ1n) is 9.95. The smallest absolute Gasteiger partial charge is 0.406 e. The number of alkyl halides is 3. The number of nitrogens with zero attached hydrogens (tertiary/aromatic N) is 1. The Labute approximate surface area is 181 Å². The zero-order chi connectivity index (χ0) is 22.9. The number of aromatic nitrogens is 1. The average molecular weight is 443 g/mol. The van der Waals surface area contributed by atoms with Gasteiger partial charge in [0, 0.05) is 29.4 Å². The van der Waals surface area contributed by atoms with Crippen LogP contribution in [-0.4, -0.2) is 36.2 Å². The Bertz CT molecular complexity index is 1150. The van der Waals surface area contributed by atoms with E-state index in [1.165, 1.54) is 18.2 Å². The minimum absolute atomic E-state index is 0.0935. The third-order valence-corrected chi connectivity index (χ3v) is 5.35. The first kappa shape index (κ1) is 21.6. The molecule has 1 atom stereocenters. The Morgan fingerprint density at radius 2 is 1.91 bits per heavy atom. The highest BCUT2D eigenvalue weighted by Crippen LogP contribution is 2.41. The molecule has 1 aliphatic rings. The molecule has 0 aliphatic carbocycles. The van der Waals surface area contributed by atoms with Crippen LogP contribution in [-0.2, 0) is 0 Å². The van der Waals surface area contributed by atoms with Crippen molar-refractivity contribution in [1.82, 2.24) is 9.88 Å². The summed E-state index contributed by atoms with van der Waals surface area (Å²) in [4.78, 5) is 23.9. The number of amides is 1. The van der Waals surface area contributed by atoms with Crippen LogP contribution in [0.25, 0.3) is 22.3 Å².